The molecule has 0 aliphatic rings. The summed E-state index contributed by atoms with van der Waals surface area (Å²) in [6.45, 7) is -0.0733. The Morgan fingerprint density at radius 1 is 0.943 bits per heavy atom. The molecule has 3 aromatic rings. The topological polar surface area (TPSA) is 113 Å². The van der Waals surface area contributed by atoms with E-state index in [1.165, 1.54) is 18.2 Å². The summed E-state index contributed by atoms with van der Waals surface area (Å²) in [7, 11) is -4.15. The van der Waals surface area contributed by atoms with Gasteiger partial charge in [-0.2, -0.15) is 4.72 Å². The smallest absolute Gasteiger partial charge is 0.321 e. The number of carbonyl (C=O) groups excluding carboxylic acids is 1. The van der Waals surface area contributed by atoms with Crippen molar-refractivity contribution in [2.75, 3.05) is 6.54 Å². The number of carbonyl (C=O) groups is 2. The van der Waals surface area contributed by atoms with Crippen molar-refractivity contribution in [3.63, 3.8) is 0 Å². The first-order valence-electron chi connectivity index (χ1n) is 10.4. The van der Waals surface area contributed by atoms with Gasteiger partial charge in [0.1, 0.15) is 6.04 Å². The van der Waals surface area contributed by atoms with Crippen molar-refractivity contribution < 1.29 is 31.9 Å². The maximum Gasteiger partial charge on any atom is 0.321 e. The third-order valence-electron chi connectivity index (χ3n) is 5.09. The highest BCUT2D eigenvalue weighted by molar-refractivity contribution is 7.89. The Morgan fingerprint density at radius 3 is 2.14 bits per heavy atom. The van der Waals surface area contributed by atoms with Gasteiger partial charge >= 0.3 is 5.97 Å². The molecular weight excluding hydrogens is 502 g/mol. The first-order valence-corrected chi connectivity index (χ1v) is 12.3. The second kappa shape index (κ2) is 11.4. The zero-order valence-electron chi connectivity index (χ0n) is 18.2. The Bertz CT molecular complexity index is 1320. The molecule has 0 spiro atoms. The van der Waals surface area contributed by atoms with Gasteiger partial charge in [0.05, 0.1) is 10.5 Å². The van der Waals surface area contributed by atoms with Gasteiger partial charge in [0.15, 0.2) is 11.6 Å². The van der Waals surface area contributed by atoms with Crippen LogP contribution in [0.15, 0.2) is 71.6 Å². The van der Waals surface area contributed by atoms with E-state index < -0.39 is 45.1 Å². The number of benzene rings is 3. The van der Waals surface area contributed by atoms with Crippen LogP contribution in [0.4, 0.5) is 8.78 Å². The second-order valence-electron chi connectivity index (χ2n) is 7.54. The molecule has 0 saturated carbocycles. The van der Waals surface area contributed by atoms with Gasteiger partial charge in [-0.25, -0.2) is 17.2 Å². The number of aliphatic carboxylic acids is 1. The number of halogens is 3. The van der Waals surface area contributed by atoms with E-state index in [1.807, 2.05) is 0 Å². The summed E-state index contributed by atoms with van der Waals surface area (Å²) in [6, 6.07) is 14.6. The van der Waals surface area contributed by atoms with Crippen LogP contribution >= 0.6 is 11.6 Å². The SMILES string of the molecule is O=C(NCCCC(NS(=O)(=O)c1ccc(-c2ccc(Cl)cc2)cc1)C(=O)O)c1cccc(F)c1F. The summed E-state index contributed by atoms with van der Waals surface area (Å²) in [6.07, 6.45) is -0.0823. The van der Waals surface area contributed by atoms with E-state index in [-0.39, 0.29) is 24.3 Å². The summed E-state index contributed by atoms with van der Waals surface area (Å²) in [5.74, 6) is -4.72. The molecule has 1 amide bonds. The molecule has 3 N–H and O–H groups in total. The van der Waals surface area contributed by atoms with Crippen molar-refractivity contribution in [1.29, 1.82) is 0 Å². The van der Waals surface area contributed by atoms with E-state index >= 15 is 0 Å². The maximum atomic E-state index is 13.7. The summed E-state index contributed by atoms with van der Waals surface area (Å²) < 4.78 is 54.5. The average molecular weight is 523 g/mol. The quantitative estimate of drug-likeness (QED) is 0.345. The Labute approximate surface area is 205 Å². The first-order chi connectivity index (χ1) is 16.6. The van der Waals surface area contributed by atoms with Gasteiger partial charge in [-0.05, 0) is 60.4 Å². The molecular formula is C24H21ClF2N2O5S. The highest BCUT2D eigenvalue weighted by Gasteiger charge is 2.25. The van der Waals surface area contributed by atoms with E-state index in [0.717, 1.165) is 23.3 Å². The summed E-state index contributed by atoms with van der Waals surface area (Å²) >= 11 is 5.87. The molecule has 35 heavy (non-hydrogen) atoms. The van der Waals surface area contributed by atoms with Gasteiger partial charge in [0, 0.05) is 11.6 Å². The Hall–Kier alpha value is -3.34. The minimum atomic E-state index is -4.15. The van der Waals surface area contributed by atoms with Crippen LogP contribution in [-0.4, -0.2) is 38.0 Å². The molecule has 3 aromatic carbocycles. The molecule has 0 aromatic heterocycles. The van der Waals surface area contributed by atoms with Crippen LogP contribution in [0.5, 0.6) is 0 Å². The normalized spacial score (nSPS) is 12.2. The van der Waals surface area contributed by atoms with E-state index in [1.54, 1.807) is 36.4 Å². The van der Waals surface area contributed by atoms with Crippen molar-refractivity contribution >= 4 is 33.5 Å². The summed E-state index contributed by atoms with van der Waals surface area (Å²) in [5.41, 5.74) is 1.10. The van der Waals surface area contributed by atoms with Gasteiger partial charge in [-0.15, -0.1) is 0 Å². The molecule has 1 unspecified atom stereocenters. The fourth-order valence-electron chi connectivity index (χ4n) is 3.24. The van der Waals surface area contributed by atoms with Crippen LogP contribution in [0.25, 0.3) is 11.1 Å². The molecule has 0 saturated heterocycles. The lowest BCUT2D eigenvalue weighted by Gasteiger charge is -2.15. The third-order valence-corrected chi connectivity index (χ3v) is 6.83. The molecule has 184 valence electrons. The van der Waals surface area contributed by atoms with Crippen molar-refractivity contribution in [2.45, 2.75) is 23.8 Å². The van der Waals surface area contributed by atoms with Crippen LogP contribution in [0.1, 0.15) is 23.2 Å². The van der Waals surface area contributed by atoms with Crippen molar-refractivity contribution in [2.24, 2.45) is 0 Å². The van der Waals surface area contributed by atoms with Crippen molar-refractivity contribution in [3.8, 4) is 11.1 Å². The third kappa shape index (κ3) is 6.84. The molecule has 0 heterocycles. The maximum absolute atomic E-state index is 13.7. The zero-order valence-corrected chi connectivity index (χ0v) is 19.7. The number of rotatable bonds is 10. The Kier molecular flexibility index (Phi) is 8.55. The minimum Gasteiger partial charge on any atom is -0.480 e. The first kappa shape index (κ1) is 26.3. The van der Waals surface area contributed by atoms with Crippen LogP contribution in [0.3, 0.4) is 0 Å². The largest absolute Gasteiger partial charge is 0.480 e. The standard InChI is InChI=1S/C24H21ClF2N2O5S/c25-17-10-6-15(7-11-17)16-8-12-18(13-9-16)35(33,34)29-21(24(31)32)5-2-14-28-23(30)19-3-1-4-20(26)22(19)27/h1,3-4,6-13,21,29H,2,5,14H2,(H,28,30)(H,31,32). The average Bonchev–Trinajstić information content (AvgIpc) is 2.83. The molecule has 7 nitrogen and oxygen atoms in total. The number of hydrogen-bond donors (Lipinski definition) is 3. The van der Waals surface area contributed by atoms with Crippen LogP contribution in [0, 0.1) is 11.6 Å². The number of sulfonamides is 1. The van der Waals surface area contributed by atoms with Crippen LogP contribution in [-0.2, 0) is 14.8 Å². The number of carboxylic acid groups (broad SMARTS) is 1. The van der Waals surface area contributed by atoms with Crippen LogP contribution < -0.4 is 10.0 Å². The molecule has 0 aliphatic heterocycles. The lowest BCUT2D eigenvalue weighted by atomic mass is 10.1. The molecule has 3 rings (SSSR count). The summed E-state index contributed by atoms with van der Waals surface area (Å²) in [5, 5.41) is 12.4. The van der Waals surface area contributed by atoms with Gasteiger partial charge in [-0.3, -0.25) is 9.59 Å². The second-order valence-corrected chi connectivity index (χ2v) is 9.69. The predicted octanol–water partition coefficient (Wildman–Crippen LogP) is 4.23. The molecule has 11 heteroatoms. The van der Waals surface area contributed by atoms with Gasteiger partial charge in [0.25, 0.3) is 5.91 Å². The molecule has 0 fully saturated rings. The van der Waals surface area contributed by atoms with E-state index in [0.29, 0.717) is 5.02 Å². The molecule has 0 radical (unpaired) electrons. The fourth-order valence-corrected chi connectivity index (χ4v) is 4.59. The molecule has 0 aliphatic carbocycles. The number of nitrogens with one attached hydrogen (secondary N) is 2. The highest BCUT2D eigenvalue weighted by Crippen LogP contribution is 2.23. The van der Waals surface area contributed by atoms with Crippen LogP contribution in [0.2, 0.25) is 5.02 Å². The number of hydrogen-bond acceptors (Lipinski definition) is 4. The van der Waals surface area contributed by atoms with E-state index in [4.69, 9.17) is 11.6 Å². The van der Waals surface area contributed by atoms with Gasteiger partial charge in [-0.1, -0.05) is 41.9 Å². The number of amides is 1. The predicted molar refractivity (Wildman–Crippen MR) is 127 cm³/mol. The van der Waals surface area contributed by atoms with Gasteiger partial charge in [0.2, 0.25) is 10.0 Å². The van der Waals surface area contributed by atoms with Crippen molar-refractivity contribution in [3.05, 3.63) is 89.0 Å². The summed E-state index contributed by atoms with van der Waals surface area (Å²) in [4.78, 5) is 23.5. The Morgan fingerprint density at radius 2 is 1.54 bits per heavy atom. The lowest BCUT2D eigenvalue weighted by molar-refractivity contribution is -0.139. The zero-order chi connectivity index (χ0) is 25.6. The number of carboxylic acids is 1. The molecule has 1 atom stereocenters. The van der Waals surface area contributed by atoms with E-state index in [9.17, 15) is 31.9 Å². The molecule has 0 bridgehead atoms. The van der Waals surface area contributed by atoms with E-state index in [2.05, 4.69) is 10.0 Å². The lowest BCUT2D eigenvalue weighted by Crippen LogP contribution is -2.41. The van der Waals surface area contributed by atoms with Gasteiger partial charge < -0.3 is 10.4 Å². The highest BCUT2D eigenvalue weighted by atomic mass is 35.5. The Balaban J connectivity index is 1.59. The monoisotopic (exact) mass is 522 g/mol. The fraction of sp³-hybridized carbons (Fsp3) is 0.167. The van der Waals surface area contributed by atoms with Crippen molar-refractivity contribution in [1.82, 2.24) is 10.0 Å². The minimum absolute atomic E-state index is 0.0671.